The van der Waals surface area contributed by atoms with Crippen LogP contribution in [0.1, 0.15) is 52.7 Å². The van der Waals surface area contributed by atoms with Crippen LogP contribution in [0.5, 0.6) is 0 Å². The second-order valence-electron chi connectivity index (χ2n) is 17.6. The van der Waals surface area contributed by atoms with E-state index in [9.17, 15) is 68.7 Å². The maximum Gasteiger partial charge on any atom is 0.317 e. The number of imide groups is 1. The van der Waals surface area contributed by atoms with E-state index in [0.717, 1.165) is 21.6 Å². The van der Waals surface area contributed by atoms with Gasteiger partial charge in [-0.3, -0.25) is 67.7 Å². The zero-order chi connectivity index (χ0) is 50.9. The lowest BCUT2D eigenvalue weighted by molar-refractivity contribution is -0.144. The molecule has 5 rings (SSSR count). The molecule has 1 saturated heterocycles. The van der Waals surface area contributed by atoms with Gasteiger partial charge in [0.15, 0.2) is 10.9 Å². The van der Waals surface area contributed by atoms with Crippen LogP contribution in [0.3, 0.4) is 0 Å². The van der Waals surface area contributed by atoms with Gasteiger partial charge in [-0.15, -0.1) is 0 Å². The summed E-state index contributed by atoms with van der Waals surface area (Å²) < 4.78 is 0. The number of carboxylic acid groups (broad SMARTS) is 5. The molecule has 2 aromatic carbocycles. The van der Waals surface area contributed by atoms with Gasteiger partial charge in [0, 0.05) is 101 Å². The van der Waals surface area contributed by atoms with Crippen LogP contribution in [0.4, 0.5) is 5.69 Å². The van der Waals surface area contributed by atoms with Gasteiger partial charge in [-0.25, -0.2) is 0 Å². The number of carbonyl (C=O) groups is 9. The molecule has 70 heavy (non-hydrogen) atoms. The van der Waals surface area contributed by atoms with E-state index in [0.29, 0.717) is 55.1 Å². The zero-order valence-corrected chi connectivity index (χ0v) is 39.5. The first kappa shape index (κ1) is 54.3. The van der Waals surface area contributed by atoms with E-state index in [1.165, 1.54) is 12.2 Å². The van der Waals surface area contributed by atoms with Crippen molar-refractivity contribution in [3.05, 3.63) is 76.9 Å². The van der Waals surface area contributed by atoms with Gasteiger partial charge in [0.25, 0.3) is 17.7 Å². The Morgan fingerprint density at radius 1 is 0.700 bits per heavy atom. The Labute approximate surface area is 409 Å². The average molecular weight is 993 g/mol. The number of aliphatic carboxylic acids is 5. The van der Waals surface area contributed by atoms with Gasteiger partial charge in [0.1, 0.15) is 0 Å². The van der Waals surface area contributed by atoms with Crippen LogP contribution in [0.2, 0.25) is 0 Å². The number of carboxylic acids is 5. The third kappa shape index (κ3) is 17.1. The second kappa shape index (κ2) is 26.4. The fraction of sp³-hybridized carbons (Fsp3) is 0.489. The first-order valence-electron chi connectivity index (χ1n) is 22.9. The van der Waals surface area contributed by atoms with Crippen LogP contribution in [0, 0.1) is 5.92 Å². The quantitative estimate of drug-likeness (QED) is 0.0477. The molecule has 3 aliphatic heterocycles. The molecule has 2 aromatic rings. The molecule has 0 spiro atoms. The standard InChI is InChI=1S/C47H60N8O14S/c56-36(23-32(46(68)69)4-1-2-14-55-39(57)11-12-40(55)58)24-48-45(67)38-6-3-5-33-25-54(15-13-37(33)38)47(70)49-34-9-7-31(8-10-34)22-35-26-52(29-43(63)64)19-18-50(27-41(59)60)16-17-51(28-42(61)62)20-21-53(35)30-44(65)66/h3,5-12,32,35H,1-2,4,13-30H2,(H,48,67)(H,49,70)(H,59,60)(H,61,62)(H,63,64)(H,65,66)(H,68,69)/t32-,35?/m1/s1. The summed E-state index contributed by atoms with van der Waals surface area (Å²) in [5, 5.41) is 54.8. The smallest absolute Gasteiger partial charge is 0.317 e. The van der Waals surface area contributed by atoms with Crippen molar-refractivity contribution in [2.75, 3.05) is 96.9 Å². The van der Waals surface area contributed by atoms with Crippen LogP contribution in [0.25, 0.3) is 0 Å². The van der Waals surface area contributed by atoms with E-state index < -0.39 is 65.3 Å². The van der Waals surface area contributed by atoms with Gasteiger partial charge >= 0.3 is 29.8 Å². The number of amides is 3. The number of anilines is 1. The molecule has 1 unspecified atom stereocenters. The van der Waals surface area contributed by atoms with Gasteiger partial charge in [0.05, 0.1) is 38.6 Å². The van der Waals surface area contributed by atoms with Crippen LogP contribution < -0.4 is 10.6 Å². The van der Waals surface area contributed by atoms with Crippen molar-refractivity contribution in [2.24, 2.45) is 5.92 Å². The van der Waals surface area contributed by atoms with Gasteiger partial charge in [0.2, 0.25) is 0 Å². The SMILES string of the molecule is O=C(O)CN1CCN(CC(=O)O)CCN(CC(=O)O)C(Cc2ccc(NC(=S)N3CCc4c(cccc4C(=O)NCC(=O)C[C@@H](CCCCN4C(=O)C=CC4=O)C(=O)O)C3)cc2)CN(CC(=O)O)CC1. The fourth-order valence-electron chi connectivity index (χ4n) is 8.80. The largest absolute Gasteiger partial charge is 0.481 e. The topological polar surface area (TPSA) is 298 Å². The highest BCUT2D eigenvalue weighted by Crippen LogP contribution is 2.25. The molecule has 0 bridgehead atoms. The summed E-state index contributed by atoms with van der Waals surface area (Å²) in [5.74, 6) is -8.28. The minimum atomic E-state index is -1.15. The third-order valence-electron chi connectivity index (χ3n) is 12.4. The summed E-state index contributed by atoms with van der Waals surface area (Å²) in [6, 6.07) is 12.1. The van der Waals surface area contributed by atoms with Crippen molar-refractivity contribution in [1.29, 1.82) is 0 Å². The predicted octanol–water partition coefficient (Wildman–Crippen LogP) is 0.398. The Kier molecular flexibility index (Phi) is 20.4. The lowest BCUT2D eigenvalue weighted by Crippen LogP contribution is -2.53. The first-order valence-corrected chi connectivity index (χ1v) is 23.4. The number of rotatable bonds is 22. The second-order valence-corrected chi connectivity index (χ2v) is 17.9. The molecule has 2 atom stereocenters. The van der Waals surface area contributed by atoms with Crippen molar-refractivity contribution < 1.29 is 68.7 Å². The molecule has 23 heteroatoms. The van der Waals surface area contributed by atoms with Gasteiger partial charge in [-0.1, -0.05) is 30.7 Å². The number of Topliss-reactive ketones (excluding diaryl/α,β-unsaturated/α-hetero) is 1. The third-order valence-corrected chi connectivity index (χ3v) is 12.8. The molecule has 3 amide bonds. The number of hydrogen-bond donors (Lipinski definition) is 7. The molecule has 0 radical (unpaired) electrons. The maximum atomic E-state index is 13.4. The Hall–Kier alpha value is -6.66. The Balaban J connectivity index is 1.18. The van der Waals surface area contributed by atoms with E-state index in [1.807, 2.05) is 35.2 Å². The summed E-state index contributed by atoms with van der Waals surface area (Å²) in [6.07, 6.45) is 3.75. The number of unbranched alkanes of at least 4 members (excludes halogenated alkanes) is 1. The summed E-state index contributed by atoms with van der Waals surface area (Å²) >= 11 is 5.80. The van der Waals surface area contributed by atoms with E-state index in [-0.39, 0.29) is 97.9 Å². The molecular formula is C47H60N8O14S. The van der Waals surface area contributed by atoms with E-state index in [1.54, 1.807) is 31.7 Å². The van der Waals surface area contributed by atoms with Crippen LogP contribution in [0.15, 0.2) is 54.6 Å². The van der Waals surface area contributed by atoms with Crippen molar-refractivity contribution >= 4 is 76.4 Å². The summed E-state index contributed by atoms with van der Waals surface area (Å²) in [5.41, 5.74) is 3.50. The summed E-state index contributed by atoms with van der Waals surface area (Å²) in [4.78, 5) is 119. The summed E-state index contributed by atoms with van der Waals surface area (Å²) in [6.45, 7) is 0.432. The monoisotopic (exact) mass is 992 g/mol. The molecule has 22 nitrogen and oxygen atoms in total. The van der Waals surface area contributed by atoms with Gasteiger partial charge in [-0.2, -0.15) is 0 Å². The van der Waals surface area contributed by atoms with E-state index in [4.69, 9.17) is 12.2 Å². The highest BCUT2D eigenvalue weighted by atomic mass is 32.1. The zero-order valence-electron chi connectivity index (χ0n) is 38.7. The summed E-state index contributed by atoms with van der Waals surface area (Å²) in [7, 11) is 0. The number of nitrogens with one attached hydrogen (secondary N) is 2. The molecule has 0 saturated carbocycles. The minimum absolute atomic E-state index is 0.130. The van der Waals surface area contributed by atoms with Gasteiger partial charge < -0.3 is 41.1 Å². The number of thiocarbonyl (C=S) groups is 1. The maximum absolute atomic E-state index is 13.4. The lowest BCUT2D eigenvalue weighted by Gasteiger charge is -2.37. The van der Waals surface area contributed by atoms with E-state index in [2.05, 4.69) is 10.6 Å². The van der Waals surface area contributed by atoms with Crippen LogP contribution in [-0.2, 0) is 57.7 Å². The van der Waals surface area contributed by atoms with E-state index >= 15 is 0 Å². The van der Waals surface area contributed by atoms with Crippen molar-refractivity contribution in [3.63, 3.8) is 0 Å². The molecule has 0 aliphatic carbocycles. The molecule has 378 valence electrons. The van der Waals surface area contributed by atoms with Crippen molar-refractivity contribution in [3.8, 4) is 0 Å². The highest BCUT2D eigenvalue weighted by molar-refractivity contribution is 7.80. The predicted molar refractivity (Wildman–Crippen MR) is 255 cm³/mol. The van der Waals surface area contributed by atoms with Crippen LogP contribution >= 0.6 is 12.2 Å². The molecule has 1 fully saturated rings. The highest BCUT2D eigenvalue weighted by Gasteiger charge is 2.29. The number of fused-ring (bicyclic) bond motifs is 1. The normalized spacial score (nSPS) is 18.0. The molecule has 0 aromatic heterocycles. The Morgan fingerprint density at radius 2 is 1.29 bits per heavy atom. The number of nitrogens with zero attached hydrogens (tertiary/aromatic N) is 6. The molecule has 3 aliphatic rings. The lowest BCUT2D eigenvalue weighted by atomic mass is 9.94. The average Bonchev–Trinajstić information content (AvgIpc) is 3.62. The number of carbonyl (C=O) groups excluding carboxylic acids is 4. The Morgan fingerprint density at radius 3 is 1.89 bits per heavy atom. The number of benzene rings is 2. The molecule has 3 heterocycles. The molecule has 7 N–H and O–H groups in total. The number of ketones is 1. The Bertz CT molecular complexity index is 2290. The fourth-order valence-corrected chi connectivity index (χ4v) is 9.07. The van der Waals surface area contributed by atoms with Gasteiger partial charge in [-0.05, 0) is 72.8 Å². The van der Waals surface area contributed by atoms with Crippen molar-refractivity contribution in [2.45, 2.75) is 51.1 Å². The first-order chi connectivity index (χ1) is 33.3. The number of hydrogen-bond acceptors (Lipinski definition) is 14. The minimum Gasteiger partial charge on any atom is -0.481 e. The van der Waals surface area contributed by atoms with Crippen molar-refractivity contribution in [1.82, 2.24) is 34.7 Å². The van der Waals surface area contributed by atoms with Crippen LogP contribution in [-0.4, -0.2) is 211 Å². The molecular weight excluding hydrogens is 933 g/mol.